The SMILES string of the molecule is CCCNC(=O)[C@H]1[C@H]2C(=O)N(CCCO)C(C(=O)NC(C)C)C23CC(Br)[C@@H]1O3. The molecule has 0 aromatic rings. The van der Waals surface area contributed by atoms with Crippen LogP contribution in [-0.2, 0) is 19.1 Å². The van der Waals surface area contributed by atoms with Crippen LogP contribution in [0.25, 0.3) is 0 Å². The van der Waals surface area contributed by atoms with Gasteiger partial charge >= 0.3 is 0 Å². The zero-order valence-electron chi connectivity index (χ0n) is 16.6. The Morgan fingerprint density at radius 2 is 2.11 bits per heavy atom. The Morgan fingerprint density at radius 3 is 2.71 bits per heavy atom. The highest BCUT2D eigenvalue weighted by atomic mass is 79.9. The zero-order valence-corrected chi connectivity index (χ0v) is 18.2. The second kappa shape index (κ2) is 8.28. The maximum absolute atomic E-state index is 13.4. The maximum atomic E-state index is 13.4. The number of carbonyl (C=O) groups excluding carboxylic acids is 3. The van der Waals surface area contributed by atoms with Crippen molar-refractivity contribution in [3.63, 3.8) is 0 Å². The van der Waals surface area contributed by atoms with E-state index >= 15 is 0 Å². The fourth-order valence-corrected chi connectivity index (χ4v) is 5.88. The van der Waals surface area contributed by atoms with Crippen LogP contribution < -0.4 is 10.6 Å². The molecule has 0 radical (unpaired) electrons. The molecule has 158 valence electrons. The second-order valence-corrected chi connectivity index (χ2v) is 9.40. The first-order chi connectivity index (χ1) is 13.3. The third-order valence-corrected chi connectivity index (χ3v) is 6.72. The lowest BCUT2D eigenvalue weighted by Gasteiger charge is -2.34. The molecule has 3 saturated heterocycles. The average molecular weight is 460 g/mol. The van der Waals surface area contributed by atoms with Crippen LogP contribution in [0, 0.1) is 11.8 Å². The van der Waals surface area contributed by atoms with Crippen LogP contribution in [0.1, 0.15) is 40.0 Å². The molecule has 3 aliphatic rings. The number of halogens is 1. The van der Waals surface area contributed by atoms with Crippen molar-refractivity contribution in [2.24, 2.45) is 11.8 Å². The molecule has 28 heavy (non-hydrogen) atoms. The number of likely N-dealkylation sites (tertiary alicyclic amines) is 1. The van der Waals surface area contributed by atoms with Gasteiger partial charge in [-0.2, -0.15) is 0 Å². The number of alkyl halides is 1. The van der Waals surface area contributed by atoms with Gasteiger partial charge < -0.3 is 25.4 Å². The van der Waals surface area contributed by atoms with Gasteiger partial charge in [0.2, 0.25) is 17.7 Å². The molecule has 0 aliphatic carbocycles. The van der Waals surface area contributed by atoms with Gasteiger partial charge in [0, 0.05) is 30.6 Å². The van der Waals surface area contributed by atoms with Crippen molar-refractivity contribution in [1.82, 2.24) is 15.5 Å². The molecular formula is C19H30BrN3O5. The summed E-state index contributed by atoms with van der Waals surface area (Å²) in [5.74, 6) is -1.98. The standard InChI is InChI=1S/C19H30BrN3O5/c1-4-6-21-16(25)12-13-18(27)23(7-5-8-24)15(17(26)22-10(2)3)19(13)9-11(20)14(12)28-19/h10-15,24H,4-9H2,1-3H3,(H,21,25)(H,22,26)/t11?,12-,13-,14-,15?,19?/m0/s1. The van der Waals surface area contributed by atoms with Crippen molar-refractivity contribution < 1.29 is 24.2 Å². The minimum atomic E-state index is -1.02. The molecule has 8 nitrogen and oxygen atoms in total. The predicted molar refractivity (Wildman–Crippen MR) is 106 cm³/mol. The van der Waals surface area contributed by atoms with Crippen LogP contribution in [0.2, 0.25) is 0 Å². The minimum Gasteiger partial charge on any atom is -0.396 e. The molecule has 1 spiro atoms. The smallest absolute Gasteiger partial charge is 0.246 e. The molecule has 2 bridgehead atoms. The van der Waals surface area contributed by atoms with Crippen LogP contribution in [0.15, 0.2) is 0 Å². The summed E-state index contributed by atoms with van der Waals surface area (Å²) in [4.78, 5) is 40.7. The van der Waals surface area contributed by atoms with E-state index in [1.807, 2.05) is 20.8 Å². The Hall–Kier alpha value is -1.19. The van der Waals surface area contributed by atoms with E-state index < -0.39 is 29.6 Å². The summed E-state index contributed by atoms with van der Waals surface area (Å²) in [7, 11) is 0. The number of rotatable bonds is 8. The summed E-state index contributed by atoms with van der Waals surface area (Å²) in [5.41, 5.74) is -1.02. The Bertz CT molecular complexity index is 645. The molecule has 3 amide bonds. The van der Waals surface area contributed by atoms with Gasteiger partial charge in [0.25, 0.3) is 0 Å². The summed E-state index contributed by atoms with van der Waals surface area (Å²) in [6, 6.07) is -0.882. The average Bonchev–Trinajstić information content (AvgIpc) is 3.21. The largest absolute Gasteiger partial charge is 0.396 e. The number of hydrogen-bond donors (Lipinski definition) is 3. The third-order valence-electron chi connectivity index (χ3n) is 5.88. The van der Waals surface area contributed by atoms with E-state index in [4.69, 9.17) is 4.74 Å². The van der Waals surface area contributed by atoms with Crippen LogP contribution in [-0.4, -0.2) is 76.0 Å². The lowest BCUT2D eigenvalue weighted by Crippen LogP contribution is -2.57. The number of nitrogens with one attached hydrogen (secondary N) is 2. The summed E-state index contributed by atoms with van der Waals surface area (Å²) in [6.07, 6.45) is 1.24. The maximum Gasteiger partial charge on any atom is 0.246 e. The van der Waals surface area contributed by atoms with Gasteiger partial charge in [0.15, 0.2) is 0 Å². The number of ether oxygens (including phenoxy) is 1. The Morgan fingerprint density at radius 1 is 1.39 bits per heavy atom. The van der Waals surface area contributed by atoms with Crippen molar-refractivity contribution in [3.05, 3.63) is 0 Å². The molecule has 6 atom stereocenters. The molecule has 0 aromatic carbocycles. The highest BCUT2D eigenvalue weighted by Crippen LogP contribution is 2.59. The van der Waals surface area contributed by atoms with Crippen LogP contribution >= 0.6 is 15.9 Å². The van der Waals surface area contributed by atoms with E-state index in [2.05, 4.69) is 26.6 Å². The predicted octanol–water partition coefficient (Wildman–Crippen LogP) is 0.168. The van der Waals surface area contributed by atoms with Crippen LogP contribution in [0.4, 0.5) is 0 Å². The first-order valence-corrected chi connectivity index (χ1v) is 11.0. The van der Waals surface area contributed by atoms with Gasteiger partial charge in [-0.3, -0.25) is 14.4 Å². The van der Waals surface area contributed by atoms with E-state index in [0.717, 1.165) is 6.42 Å². The normalized spacial score (nSPS) is 36.1. The zero-order chi connectivity index (χ0) is 20.6. The number of aliphatic hydroxyl groups excluding tert-OH is 1. The summed E-state index contributed by atoms with van der Waals surface area (Å²) < 4.78 is 6.31. The lowest BCUT2D eigenvalue weighted by atomic mass is 9.70. The van der Waals surface area contributed by atoms with Crippen molar-refractivity contribution in [2.45, 2.75) is 68.6 Å². The fraction of sp³-hybridized carbons (Fsp3) is 0.842. The van der Waals surface area contributed by atoms with Crippen molar-refractivity contribution in [2.75, 3.05) is 19.7 Å². The number of carbonyl (C=O) groups is 3. The molecule has 3 fully saturated rings. The van der Waals surface area contributed by atoms with E-state index in [1.165, 1.54) is 4.90 Å². The monoisotopic (exact) mass is 459 g/mol. The number of nitrogens with zero attached hydrogens (tertiary/aromatic N) is 1. The summed E-state index contributed by atoms with van der Waals surface area (Å²) in [5, 5.41) is 15.1. The lowest BCUT2D eigenvalue weighted by molar-refractivity contribution is -0.142. The summed E-state index contributed by atoms with van der Waals surface area (Å²) >= 11 is 3.62. The minimum absolute atomic E-state index is 0.0784. The number of hydrogen-bond acceptors (Lipinski definition) is 5. The number of amides is 3. The molecule has 3 heterocycles. The molecule has 3 unspecified atom stereocenters. The van der Waals surface area contributed by atoms with Crippen molar-refractivity contribution in [3.8, 4) is 0 Å². The van der Waals surface area contributed by atoms with Crippen molar-refractivity contribution in [1.29, 1.82) is 0 Å². The fourth-order valence-electron chi connectivity index (χ4n) is 4.94. The van der Waals surface area contributed by atoms with Gasteiger partial charge in [0.1, 0.15) is 11.6 Å². The second-order valence-electron chi connectivity index (χ2n) is 8.23. The Kier molecular flexibility index (Phi) is 6.36. The van der Waals surface area contributed by atoms with Gasteiger partial charge in [-0.15, -0.1) is 0 Å². The Labute approximate surface area is 173 Å². The number of fused-ring (bicyclic) bond motifs is 1. The van der Waals surface area contributed by atoms with Gasteiger partial charge in [-0.05, 0) is 33.1 Å². The molecule has 0 aromatic heterocycles. The van der Waals surface area contributed by atoms with Gasteiger partial charge in [-0.1, -0.05) is 22.9 Å². The first-order valence-electron chi connectivity index (χ1n) is 10.1. The molecule has 0 saturated carbocycles. The molecule has 9 heteroatoms. The topological polar surface area (TPSA) is 108 Å². The third kappa shape index (κ3) is 3.35. The van der Waals surface area contributed by atoms with E-state index in [9.17, 15) is 19.5 Å². The van der Waals surface area contributed by atoms with Crippen molar-refractivity contribution >= 4 is 33.7 Å². The van der Waals surface area contributed by atoms with Gasteiger partial charge in [-0.25, -0.2) is 0 Å². The van der Waals surface area contributed by atoms with Crippen LogP contribution in [0.5, 0.6) is 0 Å². The first kappa shape index (κ1) is 21.5. The number of aliphatic hydroxyl groups is 1. The van der Waals surface area contributed by atoms with Gasteiger partial charge in [0.05, 0.1) is 17.9 Å². The van der Waals surface area contributed by atoms with E-state index in [-0.39, 0.29) is 41.7 Å². The highest BCUT2D eigenvalue weighted by molar-refractivity contribution is 9.09. The van der Waals surface area contributed by atoms with E-state index in [1.54, 1.807) is 0 Å². The van der Waals surface area contributed by atoms with Crippen LogP contribution in [0.3, 0.4) is 0 Å². The molecule has 3 rings (SSSR count). The van der Waals surface area contributed by atoms with E-state index in [0.29, 0.717) is 19.4 Å². The molecular weight excluding hydrogens is 430 g/mol. The Balaban J connectivity index is 1.97. The highest BCUT2D eigenvalue weighted by Gasteiger charge is 2.76. The molecule has 3 N–H and O–H groups in total. The quantitative estimate of drug-likeness (QED) is 0.448. The molecule has 3 aliphatic heterocycles. The summed E-state index contributed by atoms with van der Waals surface area (Å²) in [6.45, 7) is 6.41.